The first-order valence-corrected chi connectivity index (χ1v) is 10.2. The second-order valence-electron chi connectivity index (χ2n) is 7.69. The van der Waals surface area contributed by atoms with Crippen LogP contribution in [0.25, 0.3) is 0 Å². The zero-order chi connectivity index (χ0) is 20.6. The van der Waals surface area contributed by atoms with Crippen LogP contribution in [-0.4, -0.2) is 47.7 Å². The lowest BCUT2D eigenvalue weighted by molar-refractivity contribution is -0.121. The van der Waals surface area contributed by atoms with E-state index in [-0.39, 0.29) is 5.91 Å². The van der Waals surface area contributed by atoms with Gasteiger partial charge in [0.1, 0.15) is 17.3 Å². The number of aromatic nitrogens is 2. The fourth-order valence-corrected chi connectivity index (χ4v) is 3.89. The number of methoxy groups -OCH3 is 2. The van der Waals surface area contributed by atoms with Gasteiger partial charge < -0.3 is 19.4 Å². The zero-order valence-electron chi connectivity index (χ0n) is 17.7. The molecule has 29 heavy (non-hydrogen) atoms. The first kappa shape index (κ1) is 21.2. The Balaban J connectivity index is 1.42. The summed E-state index contributed by atoms with van der Waals surface area (Å²) >= 11 is 0. The van der Waals surface area contributed by atoms with Gasteiger partial charge in [-0.3, -0.25) is 9.69 Å². The number of ether oxygens (including phenoxy) is 2. The van der Waals surface area contributed by atoms with E-state index < -0.39 is 0 Å². The SMILES string of the molecule is COc1ccc(CNC(=O)CCC2CCCN(Cc3nccn3C)C2)c(OC)c1. The number of aryl methyl sites for hydroxylation is 1. The molecular formula is C22H32N4O3. The Morgan fingerprint density at radius 3 is 2.90 bits per heavy atom. The van der Waals surface area contributed by atoms with Gasteiger partial charge >= 0.3 is 0 Å². The number of nitrogens with one attached hydrogen (secondary N) is 1. The van der Waals surface area contributed by atoms with E-state index in [1.54, 1.807) is 14.2 Å². The molecular weight excluding hydrogens is 368 g/mol. The van der Waals surface area contributed by atoms with Crippen molar-refractivity contribution >= 4 is 5.91 Å². The molecule has 7 nitrogen and oxygen atoms in total. The minimum atomic E-state index is 0.0871. The third kappa shape index (κ3) is 5.97. The number of carbonyl (C=O) groups excluding carboxylic acids is 1. The molecule has 1 amide bonds. The second kappa shape index (κ2) is 10.3. The highest BCUT2D eigenvalue weighted by molar-refractivity contribution is 5.75. The van der Waals surface area contributed by atoms with Gasteiger partial charge in [0, 0.05) is 50.6 Å². The molecule has 1 N–H and O–H groups in total. The van der Waals surface area contributed by atoms with Crippen LogP contribution in [0.3, 0.4) is 0 Å². The molecule has 7 heteroatoms. The van der Waals surface area contributed by atoms with Crippen molar-refractivity contribution in [2.24, 2.45) is 13.0 Å². The molecule has 2 aromatic rings. The third-order valence-corrected chi connectivity index (χ3v) is 5.64. The molecule has 0 radical (unpaired) electrons. The lowest BCUT2D eigenvalue weighted by Crippen LogP contribution is -2.36. The van der Waals surface area contributed by atoms with Crippen molar-refractivity contribution in [3.63, 3.8) is 0 Å². The van der Waals surface area contributed by atoms with Crippen LogP contribution in [0.1, 0.15) is 37.1 Å². The van der Waals surface area contributed by atoms with Crippen molar-refractivity contribution in [2.45, 2.75) is 38.8 Å². The van der Waals surface area contributed by atoms with Crippen LogP contribution in [0.5, 0.6) is 11.5 Å². The van der Waals surface area contributed by atoms with Crippen molar-refractivity contribution in [1.82, 2.24) is 19.8 Å². The highest BCUT2D eigenvalue weighted by Crippen LogP contribution is 2.25. The molecule has 1 atom stereocenters. The summed E-state index contributed by atoms with van der Waals surface area (Å²) in [5.41, 5.74) is 0.945. The highest BCUT2D eigenvalue weighted by Gasteiger charge is 2.21. The fourth-order valence-electron chi connectivity index (χ4n) is 3.89. The number of piperidine rings is 1. The minimum absolute atomic E-state index is 0.0871. The van der Waals surface area contributed by atoms with Gasteiger partial charge in [-0.05, 0) is 43.9 Å². The molecule has 1 saturated heterocycles. The predicted octanol–water partition coefficient (Wildman–Crippen LogP) is 2.75. The molecule has 2 heterocycles. The maximum atomic E-state index is 12.4. The van der Waals surface area contributed by atoms with Gasteiger partial charge in [0.25, 0.3) is 0 Å². The van der Waals surface area contributed by atoms with Crippen molar-refractivity contribution in [3.8, 4) is 11.5 Å². The Hall–Kier alpha value is -2.54. The monoisotopic (exact) mass is 400 g/mol. The number of carbonyl (C=O) groups is 1. The summed E-state index contributed by atoms with van der Waals surface area (Å²) in [6, 6.07) is 5.64. The Bertz CT molecular complexity index is 805. The third-order valence-electron chi connectivity index (χ3n) is 5.64. The predicted molar refractivity (Wildman–Crippen MR) is 112 cm³/mol. The molecule has 0 spiro atoms. The number of likely N-dealkylation sites (tertiary alicyclic amines) is 1. The number of imidazole rings is 1. The van der Waals surface area contributed by atoms with Gasteiger partial charge in [-0.2, -0.15) is 0 Å². The molecule has 3 rings (SSSR count). The van der Waals surface area contributed by atoms with Crippen LogP contribution < -0.4 is 14.8 Å². The molecule has 0 saturated carbocycles. The van der Waals surface area contributed by atoms with E-state index in [2.05, 4.69) is 19.8 Å². The first-order chi connectivity index (χ1) is 14.1. The molecule has 1 unspecified atom stereocenters. The molecule has 0 bridgehead atoms. The van der Waals surface area contributed by atoms with Crippen LogP contribution in [0.2, 0.25) is 0 Å². The summed E-state index contributed by atoms with van der Waals surface area (Å²) in [6.07, 6.45) is 7.68. The summed E-state index contributed by atoms with van der Waals surface area (Å²) in [7, 11) is 5.28. The number of nitrogens with zero attached hydrogens (tertiary/aromatic N) is 3. The van der Waals surface area contributed by atoms with Crippen molar-refractivity contribution < 1.29 is 14.3 Å². The number of hydrogen-bond donors (Lipinski definition) is 1. The van der Waals surface area contributed by atoms with E-state index in [9.17, 15) is 4.79 Å². The first-order valence-electron chi connectivity index (χ1n) is 10.2. The number of rotatable bonds is 9. The lowest BCUT2D eigenvalue weighted by Gasteiger charge is -2.32. The molecule has 1 aliphatic rings. The van der Waals surface area contributed by atoms with Crippen LogP contribution >= 0.6 is 0 Å². The normalized spacial score (nSPS) is 17.1. The summed E-state index contributed by atoms with van der Waals surface area (Å²) in [5, 5.41) is 3.02. The summed E-state index contributed by atoms with van der Waals surface area (Å²) < 4.78 is 12.7. The van der Waals surface area contributed by atoms with E-state index >= 15 is 0 Å². The van der Waals surface area contributed by atoms with Crippen molar-refractivity contribution in [2.75, 3.05) is 27.3 Å². The van der Waals surface area contributed by atoms with E-state index in [0.717, 1.165) is 48.9 Å². The molecule has 1 aliphatic heterocycles. The van der Waals surface area contributed by atoms with Gasteiger partial charge in [0.15, 0.2) is 0 Å². The number of benzene rings is 1. The van der Waals surface area contributed by atoms with E-state index in [1.165, 1.54) is 12.8 Å². The summed E-state index contributed by atoms with van der Waals surface area (Å²) in [5.74, 6) is 3.21. The number of hydrogen-bond acceptors (Lipinski definition) is 5. The number of amides is 1. The Morgan fingerprint density at radius 1 is 1.31 bits per heavy atom. The Labute approximate surface area is 173 Å². The van der Waals surface area contributed by atoms with Gasteiger partial charge in [-0.15, -0.1) is 0 Å². The quantitative estimate of drug-likeness (QED) is 0.701. The Kier molecular flexibility index (Phi) is 7.52. The maximum Gasteiger partial charge on any atom is 0.220 e. The van der Waals surface area contributed by atoms with E-state index in [0.29, 0.717) is 18.9 Å². The molecule has 158 valence electrons. The molecule has 0 aliphatic carbocycles. The highest BCUT2D eigenvalue weighted by atomic mass is 16.5. The van der Waals surface area contributed by atoms with Gasteiger partial charge in [0.2, 0.25) is 5.91 Å². The standard InChI is InChI=1S/C22H32N4O3/c1-25-12-10-23-21(25)16-26-11-4-5-17(15-26)6-9-22(27)24-14-18-7-8-19(28-2)13-20(18)29-3/h7-8,10,12-13,17H,4-6,9,11,14-16H2,1-3H3,(H,24,27). The van der Waals surface area contributed by atoms with Crippen molar-refractivity contribution in [3.05, 3.63) is 42.0 Å². The Morgan fingerprint density at radius 2 is 2.17 bits per heavy atom. The maximum absolute atomic E-state index is 12.4. The summed E-state index contributed by atoms with van der Waals surface area (Å²) in [6.45, 7) is 3.48. The van der Waals surface area contributed by atoms with Gasteiger partial charge in [-0.1, -0.05) is 0 Å². The van der Waals surface area contributed by atoms with Crippen LogP contribution in [0.4, 0.5) is 0 Å². The molecule has 1 fully saturated rings. The zero-order valence-corrected chi connectivity index (χ0v) is 17.7. The lowest BCUT2D eigenvalue weighted by atomic mass is 9.93. The fraction of sp³-hybridized carbons (Fsp3) is 0.545. The van der Waals surface area contributed by atoms with E-state index in [4.69, 9.17) is 9.47 Å². The average Bonchev–Trinajstić information content (AvgIpc) is 3.15. The van der Waals surface area contributed by atoms with Gasteiger partial charge in [-0.25, -0.2) is 4.98 Å². The van der Waals surface area contributed by atoms with E-state index in [1.807, 2.05) is 37.6 Å². The van der Waals surface area contributed by atoms with Crippen LogP contribution in [0, 0.1) is 5.92 Å². The van der Waals surface area contributed by atoms with Crippen LogP contribution in [0.15, 0.2) is 30.6 Å². The molecule has 1 aromatic heterocycles. The average molecular weight is 401 g/mol. The topological polar surface area (TPSA) is 68.6 Å². The second-order valence-corrected chi connectivity index (χ2v) is 7.69. The smallest absolute Gasteiger partial charge is 0.220 e. The van der Waals surface area contributed by atoms with Gasteiger partial charge in [0.05, 0.1) is 20.8 Å². The largest absolute Gasteiger partial charge is 0.497 e. The van der Waals surface area contributed by atoms with Crippen LogP contribution in [-0.2, 0) is 24.9 Å². The summed E-state index contributed by atoms with van der Waals surface area (Å²) in [4.78, 5) is 19.2. The minimum Gasteiger partial charge on any atom is -0.497 e. The molecule has 1 aromatic carbocycles. The van der Waals surface area contributed by atoms with Crippen molar-refractivity contribution in [1.29, 1.82) is 0 Å².